The van der Waals surface area contributed by atoms with Crippen molar-refractivity contribution in [1.29, 1.82) is 0 Å². The lowest BCUT2D eigenvalue weighted by Crippen LogP contribution is -2.06. The Morgan fingerprint density at radius 3 is 3.06 bits per heavy atom. The van der Waals surface area contributed by atoms with Gasteiger partial charge in [-0.3, -0.25) is 0 Å². The molecular weight excluding hydrogens is 318 g/mol. The minimum Gasteiger partial charge on any atom is -0.382 e. The Labute approximate surface area is 119 Å². The van der Waals surface area contributed by atoms with Gasteiger partial charge in [-0.05, 0) is 35.3 Å². The van der Waals surface area contributed by atoms with E-state index in [2.05, 4.69) is 30.5 Å². The zero-order valence-electron chi connectivity index (χ0n) is 10.2. The van der Waals surface area contributed by atoms with E-state index in [0.717, 1.165) is 47.6 Å². The minimum absolute atomic E-state index is 0.391. The molecule has 0 aliphatic carbocycles. The fraction of sp³-hybridized carbons (Fsp3) is 0.500. The Bertz CT molecular complexity index is 529. The summed E-state index contributed by atoms with van der Waals surface area (Å²) in [5.74, 6) is 1.25. The molecule has 0 saturated carbocycles. The Morgan fingerprint density at radius 2 is 2.33 bits per heavy atom. The van der Waals surface area contributed by atoms with Crippen LogP contribution in [0.4, 0.5) is 0 Å². The monoisotopic (exact) mass is 331 g/mol. The van der Waals surface area contributed by atoms with Gasteiger partial charge in [0.2, 0.25) is 0 Å². The molecule has 6 heteroatoms. The van der Waals surface area contributed by atoms with Crippen molar-refractivity contribution < 1.29 is 4.74 Å². The molecular formula is C12H15BrClN3O. The van der Waals surface area contributed by atoms with E-state index in [0.29, 0.717) is 5.88 Å². The lowest BCUT2D eigenvalue weighted by atomic mass is 10.4. The molecule has 18 heavy (non-hydrogen) atoms. The number of nitrogens with zero attached hydrogens (tertiary/aromatic N) is 3. The number of hydrogen-bond donors (Lipinski definition) is 0. The fourth-order valence-corrected chi connectivity index (χ4v) is 2.36. The highest BCUT2D eigenvalue weighted by molar-refractivity contribution is 9.10. The van der Waals surface area contributed by atoms with Crippen LogP contribution in [0, 0.1) is 0 Å². The van der Waals surface area contributed by atoms with Crippen LogP contribution in [-0.4, -0.2) is 27.7 Å². The largest absolute Gasteiger partial charge is 0.382 e. The molecule has 0 aliphatic rings. The predicted molar refractivity (Wildman–Crippen MR) is 75.9 cm³/mol. The summed E-state index contributed by atoms with van der Waals surface area (Å²) in [4.78, 5) is 8.89. The highest BCUT2D eigenvalue weighted by atomic mass is 79.9. The molecule has 0 aromatic carbocycles. The van der Waals surface area contributed by atoms with Gasteiger partial charge in [0.05, 0.1) is 5.88 Å². The molecule has 98 valence electrons. The second-order valence-electron chi connectivity index (χ2n) is 3.86. The van der Waals surface area contributed by atoms with Crippen LogP contribution >= 0.6 is 27.5 Å². The number of aryl methyl sites for hydroxylation is 1. The second-order valence-corrected chi connectivity index (χ2v) is 5.04. The van der Waals surface area contributed by atoms with Crippen LogP contribution in [0.15, 0.2) is 16.7 Å². The number of fused-ring (bicyclic) bond motifs is 1. The van der Waals surface area contributed by atoms with Crippen molar-refractivity contribution in [1.82, 2.24) is 14.5 Å². The van der Waals surface area contributed by atoms with E-state index in [1.807, 2.05) is 13.0 Å². The Kier molecular flexibility index (Phi) is 4.97. The van der Waals surface area contributed by atoms with E-state index in [1.165, 1.54) is 0 Å². The van der Waals surface area contributed by atoms with Crippen molar-refractivity contribution in [2.45, 2.75) is 25.8 Å². The molecule has 0 radical (unpaired) electrons. The summed E-state index contributed by atoms with van der Waals surface area (Å²) in [7, 11) is 0. The number of ether oxygens (including phenoxy) is 1. The molecule has 0 fully saturated rings. The van der Waals surface area contributed by atoms with Crippen molar-refractivity contribution >= 4 is 38.7 Å². The topological polar surface area (TPSA) is 39.9 Å². The average Bonchev–Trinajstić information content (AvgIpc) is 2.71. The molecule has 2 aromatic heterocycles. The van der Waals surface area contributed by atoms with Crippen LogP contribution in [0.3, 0.4) is 0 Å². The van der Waals surface area contributed by atoms with Crippen molar-refractivity contribution in [3.8, 4) is 0 Å². The molecule has 0 aliphatic heterocycles. The van der Waals surface area contributed by atoms with Gasteiger partial charge in [-0.2, -0.15) is 0 Å². The van der Waals surface area contributed by atoms with Crippen LogP contribution in [0.5, 0.6) is 0 Å². The molecule has 2 rings (SSSR count). The molecule has 0 saturated heterocycles. The third kappa shape index (κ3) is 3.02. The van der Waals surface area contributed by atoms with E-state index < -0.39 is 0 Å². The first-order valence-corrected chi connectivity index (χ1v) is 7.23. The van der Waals surface area contributed by atoms with Crippen LogP contribution in [0.1, 0.15) is 19.2 Å². The third-order valence-electron chi connectivity index (χ3n) is 2.62. The van der Waals surface area contributed by atoms with Crippen molar-refractivity contribution in [2.75, 3.05) is 13.2 Å². The molecule has 2 heterocycles. The summed E-state index contributed by atoms with van der Waals surface area (Å²) in [6, 6.07) is 1.96. The van der Waals surface area contributed by atoms with Crippen molar-refractivity contribution in [3.63, 3.8) is 0 Å². The number of imidazole rings is 1. The lowest BCUT2D eigenvalue weighted by Gasteiger charge is -2.06. The third-order valence-corrected chi connectivity index (χ3v) is 3.30. The van der Waals surface area contributed by atoms with Gasteiger partial charge in [0.1, 0.15) is 11.3 Å². The maximum atomic E-state index is 5.93. The Balaban J connectivity index is 2.23. The van der Waals surface area contributed by atoms with Gasteiger partial charge in [0.15, 0.2) is 5.65 Å². The van der Waals surface area contributed by atoms with Gasteiger partial charge in [-0.1, -0.05) is 0 Å². The number of hydrogen-bond acceptors (Lipinski definition) is 3. The minimum atomic E-state index is 0.391. The van der Waals surface area contributed by atoms with Gasteiger partial charge in [-0.25, -0.2) is 9.97 Å². The summed E-state index contributed by atoms with van der Waals surface area (Å²) >= 11 is 9.33. The van der Waals surface area contributed by atoms with Gasteiger partial charge < -0.3 is 9.30 Å². The van der Waals surface area contributed by atoms with E-state index in [-0.39, 0.29) is 0 Å². The number of aromatic nitrogens is 3. The lowest BCUT2D eigenvalue weighted by molar-refractivity contribution is 0.141. The zero-order valence-corrected chi connectivity index (χ0v) is 12.5. The van der Waals surface area contributed by atoms with Crippen molar-refractivity contribution in [2.24, 2.45) is 0 Å². The average molecular weight is 333 g/mol. The standard InChI is InChI=1S/C12H15BrClN3O/c1-2-18-5-3-4-17-11(7-14)16-10-6-9(13)8-15-12(10)17/h6,8H,2-5,7H2,1H3. The number of pyridine rings is 1. The fourth-order valence-electron chi connectivity index (χ4n) is 1.84. The van der Waals surface area contributed by atoms with E-state index in [4.69, 9.17) is 16.3 Å². The van der Waals surface area contributed by atoms with Gasteiger partial charge in [0.25, 0.3) is 0 Å². The summed E-state index contributed by atoms with van der Waals surface area (Å²) in [6.45, 7) is 4.32. The smallest absolute Gasteiger partial charge is 0.160 e. The van der Waals surface area contributed by atoms with Crippen LogP contribution in [-0.2, 0) is 17.2 Å². The maximum absolute atomic E-state index is 5.93. The summed E-state index contributed by atoms with van der Waals surface area (Å²) in [6.07, 6.45) is 2.71. The number of rotatable bonds is 6. The van der Waals surface area contributed by atoms with Crippen LogP contribution in [0.25, 0.3) is 11.2 Å². The SMILES string of the molecule is CCOCCCn1c(CCl)nc2cc(Br)cnc21. The molecule has 2 aromatic rings. The first-order chi connectivity index (χ1) is 8.76. The van der Waals surface area contributed by atoms with Gasteiger partial charge >= 0.3 is 0 Å². The molecule has 0 atom stereocenters. The molecule has 0 amide bonds. The zero-order chi connectivity index (χ0) is 13.0. The first-order valence-electron chi connectivity index (χ1n) is 5.90. The molecule has 0 spiro atoms. The summed E-state index contributed by atoms with van der Waals surface area (Å²) in [5.41, 5.74) is 1.75. The van der Waals surface area contributed by atoms with Crippen LogP contribution in [0.2, 0.25) is 0 Å². The summed E-state index contributed by atoms with van der Waals surface area (Å²) in [5, 5.41) is 0. The highest BCUT2D eigenvalue weighted by Gasteiger charge is 2.11. The second kappa shape index (κ2) is 6.50. The normalized spacial score (nSPS) is 11.3. The highest BCUT2D eigenvalue weighted by Crippen LogP contribution is 2.19. The molecule has 0 N–H and O–H groups in total. The van der Waals surface area contributed by atoms with Gasteiger partial charge in [-0.15, -0.1) is 11.6 Å². The quantitative estimate of drug-likeness (QED) is 0.601. The summed E-state index contributed by atoms with van der Waals surface area (Å²) < 4.78 is 8.33. The van der Waals surface area contributed by atoms with E-state index in [9.17, 15) is 0 Å². The van der Waals surface area contributed by atoms with E-state index >= 15 is 0 Å². The molecule has 0 unspecified atom stereocenters. The molecule has 4 nitrogen and oxygen atoms in total. The van der Waals surface area contributed by atoms with Crippen molar-refractivity contribution in [3.05, 3.63) is 22.6 Å². The van der Waals surface area contributed by atoms with Gasteiger partial charge in [0, 0.05) is 30.4 Å². The number of alkyl halides is 1. The molecule has 0 bridgehead atoms. The predicted octanol–water partition coefficient (Wildman–Crippen LogP) is 3.36. The van der Waals surface area contributed by atoms with E-state index in [1.54, 1.807) is 6.20 Å². The first kappa shape index (κ1) is 13.8. The Morgan fingerprint density at radius 1 is 1.50 bits per heavy atom. The van der Waals surface area contributed by atoms with Crippen LogP contribution < -0.4 is 0 Å². The maximum Gasteiger partial charge on any atom is 0.160 e. The Hall–Kier alpha value is -0.650. The number of halogens is 2.